The van der Waals surface area contributed by atoms with E-state index in [1.54, 1.807) is 0 Å². The maximum absolute atomic E-state index is 13.3. The van der Waals surface area contributed by atoms with Crippen molar-refractivity contribution in [3.05, 3.63) is 29.8 Å². The summed E-state index contributed by atoms with van der Waals surface area (Å²) in [6.07, 6.45) is -1.69. The maximum atomic E-state index is 13.3. The van der Waals surface area contributed by atoms with E-state index >= 15 is 0 Å². The molecule has 102 valence electrons. The van der Waals surface area contributed by atoms with Gasteiger partial charge >= 0.3 is 5.97 Å². The smallest absolute Gasteiger partial charge is 0.332 e. The zero-order valence-electron chi connectivity index (χ0n) is 9.73. The van der Waals surface area contributed by atoms with Crippen molar-refractivity contribution in [3.63, 3.8) is 0 Å². The summed E-state index contributed by atoms with van der Waals surface area (Å²) in [7, 11) is 0. The van der Waals surface area contributed by atoms with Gasteiger partial charge in [-0.05, 0) is 25.0 Å². The number of ether oxygens (including phenoxy) is 1. The Morgan fingerprint density at radius 3 is 2.32 bits per heavy atom. The summed E-state index contributed by atoms with van der Waals surface area (Å²) in [5.41, 5.74) is -0.560. The van der Waals surface area contributed by atoms with Gasteiger partial charge in [-0.1, -0.05) is 6.07 Å². The number of aliphatic carboxylic acids is 1. The molecule has 7 heteroatoms. The Morgan fingerprint density at radius 1 is 1.21 bits per heavy atom. The molecule has 1 aromatic carbocycles. The summed E-state index contributed by atoms with van der Waals surface area (Å²) in [4.78, 5) is 22.4. The first-order valence-electron chi connectivity index (χ1n) is 5.62. The Bertz CT molecular complexity index is 500. The first-order chi connectivity index (χ1) is 8.99. The number of amides is 1. The zero-order valence-corrected chi connectivity index (χ0v) is 9.73. The van der Waals surface area contributed by atoms with Crippen LogP contribution in [0, 0.1) is 11.6 Å². The van der Waals surface area contributed by atoms with E-state index < -0.39 is 41.4 Å². The second-order valence-electron chi connectivity index (χ2n) is 4.11. The van der Waals surface area contributed by atoms with Gasteiger partial charge in [-0.3, -0.25) is 4.79 Å². The number of carbonyl (C=O) groups is 2. The molecule has 0 saturated carbocycles. The molecule has 1 aliphatic heterocycles. The van der Waals surface area contributed by atoms with Crippen molar-refractivity contribution >= 4 is 17.6 Å². The monoisotopic (exact) mass is 271 g/mol. The number of halogens is 2. The molecular weight excluding hydrogens is 260 g/mol. The Labute approximate surface area is 107 Å². The molecule has 2 N–H and O–H groups in total. The second kappa shape index (κ2) is 5.31. The number of benzene rings is 1. The minimum atomic E-state index is -1.16. The van der Waals surface area contributed by atoms with Gasteiger partial charge in [-0.25, -0.2) is 13.6 Å². The molecular formula is C12H11F2NO4. The van der Waals surface area contributed by atoms with Crippen molar-refractivity contribution in [2.45, 2.75) is 25.0 Å². The van der Waals surface area contributed by atoms with E-state index in [-0.39, 0.29) is 12.8 Å². The van der Waals surface area contributed by atoms with Crippen LogP contribution in [0.15, 0.2) is 18.2 Å². The number of carbonyl (C=O) groups excluding carboxylic acids is 1. The average Bonchev–Trinajstić information content (AvgIpc) is 2.83. The standard InChI is InChI=1S/C12H11F2NO4/c13-6-2-1-3-7(14)10(6)15-11(16)8-4-5-9(19-8)12(17)18/h1-3,8-9H,4-5H2,(H,15,16)(H,17,18). The summed E-state index contributed by atoms with van der Waals surface area (Å²) in [5.74, 6) is -3.72. The first-order valence-corrected chi connectivity index (χ1v) is 5.62. The number of anilines is 1. The van der Waals surface area contributed by atoms with Crippen LogP contribution in [-0.4, -0.2) is 29.2 Å². The van der Waals surface area contributed by atoms with Gasteiger partial charge in [0.1, 0.15) is 23.4 Å². The number of para-hydroxylation sites is 1. The highest BCUT2D eigenvalue weighted by atomic mass is 19.1. The maximum Gasteiger partial charge on any atom is 0.332 e. The minimum Gasteiger partial charge on any atom is -0.479 e. The van der Waals surface area contributed by atoms with Crippen molar-refractivity contribution in [2.24, 2.45) is 0 Å². The Kier molecular flexibility index (Phi) is 3.75. The molecule has 0 spiro atoms. The van der Waals surface area contributed by atoms with Gasteiger partial charge < -0.3 is 15.2 Å². The fourth-order valence-corrected chi connectivity index (χ4v) is 1.83. The molecule has 1 saturated heterocycles. The molecule has 0 aliphatic carbocycles. The van der Waals surface area contributed by atoms with E-state index in [1.807, 2.05) is 0 Å². The van der Waals surface area contributed by atoms with E-state index in [1.165, 1.54) is 6.07 Å². The Hall–Kier alpha value is -2.02. The van der Waals surface area contributed by atoms with Gasteiger partial charge in [-0.2, -0.15) is 0 Å². The van der Waals surface area contributed by atoms with Gasteiger partial charge in [-0.15, -0.1) is 0 Å². The third-order valence-electron chi connectivity index (χ3n) is 2.80. The molecule has 1 aromatic rings. The fourth-order valence-electron chi connectivity index (χ4n) is 1.83. The normalized spacial score (nSPS) is 22.2. The van der Waals surface area contributed by atoms with E-state index in [0.29, 0.717) is 0 Å². The quantitative estimate of drug-likeness (QED) is 0.874. The molecule has 0 bridgehead atoms. The van der Waals surface area contributed by atoms with Crippen LogP contribution >= 0.6 is 0 Å². The largest absolute Gasteiger partial charge is 0.479 e. The highest BCUT2D eigenvalue weighted by Crippen LogP contribution is 2.23. The minimum absolute atomic E-state index is 0.188. The highest BCUT2D eigenvalue weighted by molar-refractivity contribution is 5.95. The molecule has 0 aromatic heterocycles. The predicted octanol–water partition coefficient (Wildman–Crippen LogP) is 1.54. The van der Waals surface area contributed by atoms with E-state index in [0.717, 1.165) is 12.1 Å². The summed E-state index contributed by atoms with van der Waals surface area (Å²) in [5, 5.41) is 10.8. The van der Waals surface area contributed by atoms with Crippen LogP contribution in [0.4, 0.5) is 14.5 Å². The van der Waals surface area contributed by atoms with Crippen molar-refractivity contribution in [3.8, 4) is 0 Å². The van der Waals surface area contributed by atoms with Crippen molar-refractivity contribution < 1.29 is 28.2 Å². The SMILES string of the molecule is O=C(O)C1CCC(C(=O)Nc2c(F)cccc2F)O1. The molecule has 2 rings (SSSR count). The predicted molar refractivity (Wildman–Crippen MR) is 60.5 cm³/mol. The molecule has 2 atom stereocenters. The van der Waals surface area contributed by atoms with E-state index in [4.69, 9.17) is 9.84 Å². The Balaban J connectivity index is 2.04. The lowest BCUT2D eigenvalue weighted by atomic mass is 10.2. The average molecular weight is 271 g/mol. The van der Waals surface area contributed by atoms with Crippen LogP contribution in [0.3, 0.4) is 0 Å². The van der Waals surface area contributed by atoms with Crippen LogP contribution in [0.25, 0.3) is 0 Å². The third kappa shape index (κ3) is 2.87. The number of carboxylic acid groups (broad SMARTS) is 1. The van der Waals surface area contributed by atoms with E-state index in [2.05, 4.69) is 5.32 Å². The van der Waals surface area contributed by atoms with Gasteiger partial charge in [0, 0.05) is 0 Å². The van der Waals surface area contributed by atoms with E-state index in [9.17, 15) is 18.4 Å². The van der Waals surface area contributed by atoms with Crippen LogP contribution in [0.1, 0.15) is 12.8 Å². The van der Waals surface area contributed by atoms with Gasteiger partial charge in [0.25, 0.3) is 5.91 Å². The number of nitrogens with one attached hydrogen (secondary N) is 1. The topological polar surface area (TPSA) is 75.6 Å². The fraction of sp³-hybridized carbons (Fsp3) is 0.333. The van der Waals surface area contributed by atoms with Crippen molar-refractivity contribution in [1.29, 1.82) is 0 Å². The molecule has 5 nitrogen and oxygen atoms in total. The third-order valence-corrected chi connectivity index (χ3v) is 2.80. The van der Waals surface area contributed by atoms with Crippen molar-refractivity contribution in [2.75, 3.05) is 5.32 Å². The molecule has 1 fully saturated rings. The van der Waals surface area contributed by atoms with Crippen LogP contribution in [0.2, 0.25) is 0 Å². The van der Waals surface area contributed by atoms with Gasteiger partial charge in [0.05, 0.1) is 0 Å². The van der Waals surface area contributed by atoms with Gasteiger partial charge in [0.15, 0.2) is 6.10 Å². The lowest BCUT2D eigenvalue weighted by Gasteiger charge is -2.12. The molecule has 0 radical (unpaired) electrons. The lowest BCUT2D eigenvalue weighted by molar-refractivity contribution is -0.150. The highest BCUT2D eigenvalue weighted by Gasteiger charge is 2.35. The molecule has 1 aliphatic rings. The van der Waals surface area contributed by atoms with Crippen molar-refractivity contribution in [1.82, 2.24) is 0 Å². The molecule has 1 heterocycles. The van der Waals surface area contributed by atoms with Gasteiger partial charge in [0.2, 0.25) is 0 Å². The van der Waals surface area contributed by atoms with Crippen LogP contribution in [-0.2, 0) is 14.3 Å². The van der Waals surface area contributed by atoms with Crippen LogP contribution in [0.5, 0.6) is 0 Å². The molecule has 1 amide bonds. The second-order valence-corrected chi connectivity index (χ2v) is 4.11. The molecule has 19 heavy (non-hydrogen) atoms. The summed E-state index contributed by atoms with van der Waals surface area (Å²) < 4.78 is 31.6. The summed E-state index contributed by atoms with van der Waals surface area (Å²) >= 11 is 0. The summed E-state index contributed by atoms with van der Waals surface area (Å²) in [6, 6.07) is 3.19. The number of rotatable bonds is 3. The Morgan fingerprint density at radius 2 is 1.79 bits per heavy atom. The molecule has 2 unspecified atom stereocenters. The first kappa shape index (κ1) is 13.4. The summed E-state index contributed by atoms with van der Waals surface area (Å²) in [6.45, 7) is 0. The lowest BCUT2D eigenvalue weighted by Crippen LogP contribution is -2.30. The zero-order chi connectivity index (χ0) is 14.0. The van der Waals surface area contributed by atoms with Crippen LogP contribution < -0.4 is 5.32 Å². The number of hydrogen-bond donors (Lipinski definition) is 2. The number of hydrogen-bond acceptors (Lipinski definition) is 3. The number of carboxylic acids is 1.